The number of hydrogen-bond acceptors (Lipinski definition) is 1. The third-order valence-electron chi connectivity index (χ3n) is 5.56. The Hall–Kier alpha value is -0.350. The topological polar surface area (TPSA) is 37.3 Å². The van der Waals surface area contributed by atoms with E-state index in [1.165, 1.54) is 5.56 Å². The molecule has 1 fully saturated rings. The van der Waals surface area contributed by atoms with Gasteiger partial charge in [-0.25, -0.2) is 0 Å². The van der Waals surface area contributed by atoms with Crippen LogP contribution in [0, 0.1) is 16.7 Å². The number of halogens is 2. The van der Waals surface area contributed by atoms with Crippen LogP contribution in [-0.2, 0) is 4.79 Å². The van der Waals surface area contributed by atoms with Gasteiger partial charge in [0.05, 0.1) is 10.2 Å². The van der Waals surface area contributed by atoms with Crippen molar-refractivity contribution in [2.45, 2.75) is 43.3 Å². The molecule has 116 valence electrons. The lowest BCUT2D eigenvalue weighted by Crippen LogP contribution is -2.43. The molecule has 2 rings (SSSR count). The predicted molar refractivity (Wildman–Crippen MR) is 93.1 cm³/mol. The molecule has 1 aromatic carbocycles. The SMILES string of the molecule is CC1(C)[C@@H]([C@H](Br)[C@@H](Br)c2ccccc2)CC[C@]1(C)C(=O)O. The summed E-state index contributed by atoms with van der Waals surface area (Å²) in [5.41, 5.74) is 0.306. The molecule has 0 saturated heterocycles. The van der Waals surface area contributed by atoms with Crippen LogP contribution in [0.4, 0.5) is 0 Å². The number of alkyl halides is 2. The van der Waals surface area contributed by atoms with Crippen LogP contribution in [0.25, 0.3) is 0 Å². The van der Waals surface area contributed by atoms with E-state index in [1.54, 1.807) is 0 Å². The second-order valence-electron chi connectivity index (χ2n) is 6.76. The average molecular weight is 418 g/mol. The van der Waals surface area contributed by atoms with E-state index in [0.29, 0.717) is 5.92 Å². The summed E-state index contributed by atoms with van der Waals surface area (Å²) in [5.74, 6) is -0.372. The minimum atomic E-state index is -0.680. The number of rotatable bonds is 4. The van der Waals surface area contributed by atoms with E-state index in [1.807, 2.05) is 25.1 Å². The number of benzene rings is 1. The number of hydrogen-bond donors (Lipinski definition) is 1. The van der Waals surface area contributed by atoms with Crippen LogP contribution in [-0.4, -0.2) is 15.9 Å². The Balaban J connectivity index is 2.25. The van der Waals surface area contributed by atoms with Crippen LogP contribution >= 0.6 is 31.9 Å². The van der Waals surface area contributed by atoms with Crippen molar-refractivity contribution in [2.24, 2.45) is 16.7 Å². The van der Waals surface area contributed by atoms with E-state index in [4.69, 9.17) is 0 Å². The number of aliphatic carboxylic acids is 1. The zero-order chi connectivity index (χ0) is 15.8. The third kappa shape index (κ3) is 2.81. The summed E-state index contributed by atoms with van der Waals surface area (Å²) in [6, 6.07) is 10.3. The maximum Gasteiger partial charge on any atom is 0.309 e. The van der Waals surface area contributed by atoms with Gasteiger partial charge in [0.25, 0.3) is 0 Å². The molecule has 0 spiro atoms. The highest BCUT2D eigenvalue weighted by molar-refractivity contribution is 9.12. The molecular weight excluding hydrogens is 396 g/mol. The van der Waals surface area contributed by atoms with Crippen molar-refractivity contribution in [1.29, 1.82) is 0 Å². The lowest BCUT2D eigenvalue weighted by atomic mass is 9.65. The van der Waals surface area contributed by atoms with Gasteiger partial charge in [-0.2, -0.15) is 0 Å². The van der Waals surface area contributed by atoms with Crippen LogP contribution in [0.15, 0.2) is 30.3 Å². The van der Waals surface area contributed by atoms with Gasteiger partial charge in [-0.3, -0.25) is 4.79 Å². The van der Waals surface area contributed by atoms with Crippen molar-refractivity contribution < 1.29 is 9.90 Å². The standard InChI is InChI=1S/C17H22Br2O2/c1-16(2)12(9-10-17(16,3)15(20)21)14(19)13(18)11-7-5-4-6-8-11/h4-8,12-14H,9-10H2,1-3H3,(H,20,21)/t12-,13+,14+,17-/m1/s1. The van der Waals surface area contributed by atoms with Gasteiger partial charge in [-0.05, 0) is 36.7 Å². The van der Waals surface area contributed by atoms with Crippen molar-refractivity contribution >= 4 is 37.8 Å². The first kappa shape index (κ1) is 17.0. The van der Waals surface area contributed by atoms with Crippen LogP contribution in [0.2, 0.25) is 0 Å². The molecule has 0 radical (unpaired) electrons. The molecule has 0 amide bonds. The molecule has 21 heavy (non-hydrogen) atoms. The molecule has 4 atom stereocenters. The van der Waals surface area contributed by atoms with Crippen LogP contribution in [0.3, 0.4) is 0 Å². The Morgan fingerprint density at radius 1 is 1.24 bits per heavy atom. The van der Waals surface area contributed by atoms with E-state index in [9.17, 15) is 9.90 Å². The fourth-order valence-corrected chi connectivity index (χ4v) is 5.40. The van der Waals surface area contributed by atoms with E-state index < -0.39 is 11.4 Å². The lowest BCUT2D eigenvalue weighted by Gasteiger charge is -2.41. The van der Waals surface area contributed by atoms with Crippen molar-refractivity contribution in [3.05, 3.63) is 35.9 Å². The highest BCUT2D eigenvalue weighted by atomic mass is 79.9. The largest absolute Gasteiger partial charge is 0.481 e. The molecule has 0 aliphatic heterocycles. The minimum absolute atomic E-state index is 0.180. The van der Waals surface area contributed by atoms with Crippen LogP contribution in [0.5, 0.6) is 0 Å². The Kier molecular flexibility index (Phi) is 4.89. The minimum Gasteiger partial charge on any atom is -0.481 e. The maximum atomic E-state index is 11.7. The Labute approximate surface area is 143 Å². The Morgan fingerprint density at radius 2 is 1.81 bits per heavy atom. The molecule has 0 aromatic heterocycles. The molecule has 0 heterocycles. The van der Waals surface area contributed by atoms with Gasteiger partial charge in [0, 0.05) is 4.83 Å². The van der Waals surface area contributed by atoms with Gasteiger partial charge in [0.15, 0.2) is 0 Å². The van der Waals surface area contributed by atoms with Crippen molar-refractivity contribution in [1.82, 2.24) is 0 Å². The van der Waals surface area contributed by atoms with Gasteiger partial charge in [0.1, 0.15) is 0 Å². The number of carbonyl (C=O) groups is 1. The summed E-state index contributed by atoms with van der Waals surface area (Å²) in [6.45, 7) is 6.08. The lowest BCUT2D eigenvalue weighted by molar-refractivity contribution is -0.154. The quantitative estimate of drug-likeness (QED) is 0.664. The third-order valence-corrected chi connectivity index (χ3v) is 8.53. The van der Waals surface area contributed by atoms with Gasteiger partial charge in [-0.1, -0.05) is 76.0 Å². The Bertz CT molecular complexity index is 515. The Morgan fingerprint density at radius 3 is 2.29 bits per heavy atom. The van der Waals surface area contributed by atoms with Crippen LogP contribution in [0.1, 0.15) is 44.0 Å². The first-order valence-electron chi connectivity index (χ1n) is 7.28. The molecule has 4 heteroatoms. The van der Waals surface area contributed by atoms with Crippen LogP contribution < -0.4 is 0 Å². The normalized spacial score (nSPS) is 30.8. The van der Waals surface area contributed by atoms with E-state index >= 15 is 0 Å². The highest BCUT2D eigenvalue weighted by Gasteiger charge is 2.58. The summed E-state index contributed by atoms with van der Waals surface area (Å²) >= 11 is 7.64. The summed E-state index contributed by atoms with van der Waals surface area (Å²) in [7, 11) is 0. The average Bonchev–Trinajstić information content (AvgIpc) is 2.70. The molecular formula is C17H22Br2O2. The zero-order valence-electron chi connectivity index (χ0n) is 12.6. The fourth-order valence-electron chi connectivity index (χ4n) is 3.50. The molecule has 2 nitrogen and oxygen atoms in total. The summed E-state index contributed by atoms with van der Waals surface area (Å²) < 4.78 is 0. The van der Waals surface area contributed by atoms with E-state index in [2.05, 4.69) is 57.8 Å². The molecule has 0 bridgehead atoms. The monoisotopic (exact) mass is 416 g/mol. The predicted octanol–water partition coefficient (Wildman–Crippen LogP) is 5.41. The first-order chi connectivity index (χ1) is 9.72. The van der Waals surface area contributed by atoms with E-state index in [-0.39, 0.29) is 15.1 Å². The van der Waals surface area contributed by atoms with Crippen molar-refractivity contribution in [3.8, 4) is 0 Å². The number of carboxylic acid groups (broad SMARTS) is 1. The fraction of sp³-hybridized carbons (Fsp3) is 0.588. The van der Waals surface area contributed by atoms with Gasteiger partial charge >= 0.3 is 5.97 Å². The molecule has 1 N–H and O–H groups in total. The summed E-state index contributed by atoms with van der Waals surface area (Å²) in [6.07, 6.45) is 1.66. The second kappa shape index (κ2) is 6.04. The van der Waals surface area contributed by atoms with E-state index in [0.717, 1.165) is 12.8 Å². The van der Waals surface area contributed by atoms with Gasteiger partial charge < -0.3 is 5.11 Å². The summed E-state index contributed by atoms with van der Waals surface area (Å²) in [4.78, 5) is 12.1. The van der Waals surface area contributed by atoms with Gasteiger partial charge in [-0.15, -0.1) is 0 Å². The highest BCUT2D eigenvalue weighted by Crippen LogP contribution is 2.60. The molecule has 1 aromatic rings. The molecule has 1 aliphatic rings. The zero-order valence-corrected chi connectivity index (χ0v) is 15.8. The first-order valence-corrected chi connectivity index (χ1v) is 9.11. The summed E-state index contributed by atoms with van der Waals surface area (Å²) in [5, 5.41) is 9.64. The number of carboxylic acids is 1. The van der Waals surface area contributed by atoms with Crippen molar-refractivity contribution in [2.75, 3.05) is 0 Å². The van der Waals surface area contributed by atoms with Crippen molar-refractivity contribution in [3.63, 3.8) is 0 Å². The molecule has 1 aliphatic carbocycles. The smallest absolute Gasteiger partial charge is 0.309 e. The molecule has 1 saturated carbocycles. The second-order valence-corrected chi connectivity index (χ2v) is 8.80. The maximum absolute atomic E-state index is 11.7. The molecule has 0 unspecified atom stereocenters. The van der Waals surface area contributed by atoms with Gasteiger partial charge in [0.2, 0.25) is 0 Å².